The number of hydrogen-bond donors (Lipinski definition) is 1. The van der Waals surface area contributed by atoms with E-state index in [1.165, 1.54) is 0 Å². The van der Waals surface area contributed by atoms with E-state index in [-0.39, 0.29) is 25.1 Å². The molecular weight excluding hydrogens is 242 g/mol. The third-order valence-corrected chi connectivity index (χ3v) is 3.80. The van der Waals surface area contributed by atoms with E-state index >= 15 is 0 Å². The molecule has 0 saturated carbocycles. The molecule has 1 atom stereocenters. The van der Waals surface area contributed by atoms with E-state index in [1.807, 2.05) is 24.8 Å². The molecule has 0 bridgehead atoms. The summed E-state index contributed by atoms with van der Waals surface area (Å²) in [5.74, 6) is 0.0622. The van der Waals surface area contributed by atoms with Crippen molar-refractivity contribution in [2.24, 2.45) is 0 Å². The predicted octanol–water partition coefficient (Wildman–Crippen LogP) is 1.26. The zero-order valence-corrected chi connectivity index (χ0v) is 11.8. The normalized spacial score (nSPS) is 20.4. The maximum atomic E-state index is 12.4. The van der Waals surface area contributed by atoms with E-state index in [0.717, 1.165) is 43.6 Å². The Morgan fingerprint density at radius 1 is 1.42 bits per heavy atom. The Kier molecular flexibility index (Phi) is 4.58. The van der Waals surface area contributed by atoms with Gasteiger partial charge >= 0.3 is 0 Å². The molecular formula is C14H23N3O2. The van der Waals surface area contributed by atoms with Crippen molar-refractivity contribution >= 4 is 5.91 Å². The van der Waals surface area contributed by atoms with E-state index in [9.17, 15) is 9.90 Å². The second-order valence-corrected chi connectivity index (χ2v) is 5.36. The van der Waals surface area contributed by atoms with Gasteiger partial charge in [0.15, 0.2) is 0 Å². The van der Waals surface area contributed by atoms with Gasteiger partial charge in [-0.05, 0) is 32.8 Å². The maximum Gasteiger partial charge on any atom is 0.244 e. The maximum absolute atomic E-state index is 12.4. The number of rotatable bonds is 3. The summed E-state index contributed by atoms with van der Waals surface area (Å²) in [7, 11) is 0. The number of amides is 1. The van der Waals surface area contributed by atoms with E-state index < -0.39 is 0 Å². The summed E-state index contributed by atoms with van der Waals surface area (Å²) in [6.07, 6.45) is 4.16. The number of carbonyl (C=O) groups is 1. The van der Waals surface area contributed by atoms with Gasteiger partial charge in [-0.15, -0.1) is 0 Å². The Balaban J connectivity index is 2.06. The molecule has 1 aliphatic rings. The Morgan fingerprint density at radius 3 is 2.84 bits per heavy atom. The van der Waals surface area contributed by atoms with Gasteiger partial charge in [0.05, 0.1) is 18.3 Å². The van der Waals surface area contributed by atoms with Crippen LogP contribution in [0.15, 0.2) is 6.07 Å². The van der Waals surface area contributed by atoms with E-state index in [1.54, 1.807) is 4.68 Å². The lowest BCUT2D eigenvalue weighted by atomic mass is 10.1. The summed E-state index contributed by atoms with van der Waals surface area (Å²) < 4.78 is 1.75. The molecule has 0 aliphatic carbocycles. The summed E-state index contributed by atoms with van der Waals surface area (Å²) >= 11 is 0. The van der Waals surface area contributed by atoms with Gasteiger partial charge < -0.3 is 10.0 Å². The highest BCUT2D eigenvalue weighted by Crippen LogP contribution is 2.17. The zero-order chi connectivity index (χ0) is 13.8. The number of carbonyl (C=O) groups excluding carboxylic acids is 1. The Morgan fingerprint density at radius 2 is 2.21 bits per heavy atom. The number of hydrogen-bond acceptors (Lipinski definition) is 3. The minimum Gasteiger partial charge on any atom is -0.394 e. The van der Waals surface area contributed by atoms with Gasteiger partial charge in [-0.3, -0.25) is 9.48 Å². The van der Waals surface area contributed by atoms with Gasteiger partial charge in [0.25, 0.3) is 0 Å². The lowest BCUT2D eigenvalue weighted by Crippen LogP contribution is -2.43. The van der Waals surface area contributed by atoms with Gasteiger partial charge in [0.2, 0.25) is 5.91 Å². The molecule has 1 N–H and O–H groups in total. The molecule has 5 nitrogen and oxygen atoms in total. The van der Waals surface area contributed by atoms with Crippen LogP contribution in [0.2, 0.25) is 0 Å². The summed E-state index contributed by atoms with van der Waals surface area (Å²) in [6.45, 7) is 4.97. The van der Waals surface area contributed by atoms with Gasteiger partial charge in [-0.2, -0.15) is 5.10 Å². The summed E-state index contributed by atoms with van der Waals surface area (Å²) in [4.78, 5) is 14.2. The largest absolute Gasteiger partial charge is 0.394 e. The minimum atomic E-state index is -0.0213. The van der Waals surface area contributed by atoms with Gasteiger partial charge in [-0.25, -0.2) is 0 Å². The molecule has 1 aromatic heterocycles. The average molecular weight is 265 g/mol. The topological polar surface area (TPSA) is 58.4 Å². The molecule has 5 heteroatoms. The fraction of sp³-hybridized carbons (Fsp3) is 0.714. The monoisotopic (exact) mass is 265 g/mol. The smallest absolute Gasteiger partial charge is 0.244 e. The molecule has 2 rings (SSSR count). The highest BCUT2D eigenvalue weighted by Gasteiger charge is 2.25. The minimum absolute atomic E-state index is 0.0213. The van der Waals surface area contributed by atoms with Crippen molar-refractivity contribution in [3.8, 4) is 0 Å². The third-order valence-electron chi connectivity index (χ3n) is 3.80. The fourth-order valence-electron chi connectivity index (χ4n) is 2.75. The van der Waals surface area contributed by atoms with Crippen LogP contribution in [0.4, 0.5) is 0 Å². The Bertz CT molecular complexity index is 442. The van der Waals surface area contributed by atoms with Crippen LogP contribution < -0.4 is 0 Å². The number of aliphatic hydroxyl groups excluding tert-OH is 1. The Labute approximate surface area is 114 Å². The number of aromatic nitrogens is 2. The highest BCUT2D eigenvalue weighted by molar-refractivity contribution is 5.76. The van der Waals surface area contributed by atoms with Crippen LogP contribution in [-0.2, 0) is 11.3 Å². The van der Waals surface area contributed by atoms with E-state index in [2.05, 4.69) is 5.10 Å². The number of aliphatic hydroxyl groups is 1. The summed E-state index contributed by atoms with van der Waals surface area (Å²) in [5.41, 5.74) is 1.93. The molecule has 1 unspecified atom stereocenters. The SMILES string of the molecule is Cc1cc(C)n(CC(=O)N2CCCCCC2CO)n1. The van der Waals surface area contributed by atoms with Crippen LogP contribution in [0.3, 0.4) is 0 Å². The molecule has 0 spiro atoms. The molecule has 106 valence electrons. The first kappa shape index (κ1) is 14.1. The van der Waals surface area contributed by atoms with Crippen molar-refractivity contribution < 1.29 is 9.90 Å². The molecule has 1 aliphatic heterocycles. The molecule has 1 saturated heterocycles. The number of likely N-dealkylation sites (tertiary alicyclic amines) is 1. The first-order valence-electron chi connectivity index (χ1n) is 7.03. The standard InChI is InChI=1S/C14H23N3O2/c1-11-8-12(2)17(15-11)9-14(19)16-7-5-3-4-6-13(16)10-18/h8,13,18H,3-7,9-10H2,1-2H3. The second-order valence-electron chi connectivity index (χ2n) is 5.36. The number of aryl methyl sites for hydroxylation is 2. The van der Waals surface area contributed by atoms with Gasteiger partial charge in [0, 0.05) is 12.2 Å². The van der Waals surface area contributed by atoms with Crippen LogP contribution in [0, 0.1) is 13.8 Å². The van der Waals surface area contributed by atoms with Crippen LogP contribution in [0.5, 0.6) is 0 Å². The summed E-state index contributed by atoms with van der Waals surface area (Å²) in [6, 6.07) is 1.95. The van der Waals surface area contributed by atoms with Gasteiger partial charge in [0.1, 0.15) is 6.54 Å². The van der Waals surface area contributed by atoms with Crippen molar-refractivity contribution in [1.29, 1.82) is 0 Å². The van der Waals surface area contributed by atoms with Crippen molar-refractivity contribution in [2.75, 3.05) is 13.2 Å². The van der Waals surface area contributed by atoms with Crippen molar-refractivity contribution in [3.63, 3.8) is 0 Å². The van der Waals surface area contributed by atoms with Crippen LogP contribution in [-0.4, -0.2) is 44.9 Å². The molecule has 2 heterocycles. The third kappa shape index (κ3) is 3.35. The molecule has 0 radical (unpaired) electrons. The molecule has 1 fully saturated rings. The number of nitrogens with zero attached hydrogens (tertiary/aromatic N) is 3. The molecule has 1 amide bonds. The first-order chi connectivity index (χ1) is 9.11. The molecule has 0 aromatic carbocycles. The van der Waals surface area contributed by atoms with Crippen LogP contribution in [0.25, 0.3) is 0 Å². The first-order valence-corrected chi connectivity index (χ1v) is 7.03. The second kappa shape index (κ2) is 6.19. The molecule has 19 heavy (non-hydrogen) atoms. The summed E-state index contributed by atoms with van der Waals surface area (Å²) in [5, 5.41) is 13.8. The van der Waals surface area contributed by atoms with Crippen molar-refractivity contribution in [1.82, 2.24) is 14.7 Å². The van der Waals surface area contributed by atoms with E-state index in [4.69, 9.17) is 0 Å². The Hall–Kier alpha value is -1.36. The van der Waals surface area contributed by atoms with Crippen molar-refractivity contribution in [3.05, 3.63) is 17.5 Å². The molecule has 1 aromatic rings. The lowest BCUT2D eigenvalue weighted by molar-refractivity contribution is -0.135. The van der Waals surface area contributed by atoms with Crippen LogP contribution in [0.1, 0.15) is 37.1 Å². The lowest BCUT2D eigenvalue weighted by Gasteiger charge is -2.28. The fourth-order valence-corrected chi connectivity index (χ4v) is 2.75. The van der Waals surface area contributed by atoms with Gasteiger partial charge in [-0.1, -0.05) is 12.8 Å². The predicted molar refractivity (Wildman–Crippen MR) is 72.8 cm³/mol. The highest BCUT2D eigenvalue weighted by atomic mass is 16.3. The zero-order valence-electron chi connectivity index (χ0n) is 11.8. The quantitative estimate of drug-likeness (QED) is 0.895. The van der Waals surface area contributed by atoms with Crippen LogP contribution >= 0.6 is 0 Å². The van der Waals surface area contributed by atoms with E-state index in [0.29, 0.717) is 0 Å². The van der Waals surface area contributed by atoms with Crippen molar-refractivity contribution in [2.45, 2.75) is 52.1 Å². The average Bonchev–Trinajstić information content (AvgIpc) is 2.59.